The normalized spacial score (nSPS) is 16.2. The molecule has 3 rings (SSSR count). The molecule has 0 saturated heterocycles. The highest BCUT2D eigenvalue weighted by atomic mass is 35.5. The van der Waals surface area contributed by atoms with E-state index in [1.165, 1.54) is 10.4 Å². The van der Waals surface area contributed by atoms with E-state index in [0.29, 0.717) is 28.7 Å². The van der Waals surface area contributed by atoms with Gasteiger partial charge in [-0.05, 0) is 57.1 Å². The maximum absolute atomic E-state index is 12.9. The minimum Gasteiger partial charge on any atom is -0.295 e. The van der Waals surface area contributed by atoms with Crippen molar-refractivity contribution in [2.75, 3.05) is 13.6 Å². The molecule has 0 atom stereocenters. The van der Waals surface area contributed by atoms with Gasteiger partial charge in [-0.25, -0.2) is 8.42 Å². The van der Waals surface area contributed by atoms with Crippen molar-refractivity contribution in [2.45, 2.75) is 44.3 Å². The van der Waals surface area contributed by atoms with Crippen LogP contribution in [0.25, 0.3) is 0 Å². The summed E-state index contributed by atoms with van der Waals surface area (Å²) in [6, 6.07) is 10.2. The van der Waals surface area contributed by atoms with E-state index in [2.05, 4.69) is 0 Å². The maximum Gasteiger partial charge on any atom is 0.244 e. The molecular formula is C21H24Cl2N2O3S. The average molecular weight is 455 g/mol. The summed E-state index contributed by atoms with van der Waals surface area (Å²) in [4.78, 5) is 14.8. The molecule has 0 radical (unpaired) electrons. The molecule has 156 valence electrons. The van der Waals surface area contributed by atoms with Crippen LogP contribution in [0, 0.1) is 0 Å². The van der Waals surface area contributed by atoms with Crippen LogP contribution < -0.4 is 0 Å². The fourth-order valence-electron chi connectivity index (χ4n) is 3.39. The molecule has 0 fully saturated rings. The molecule has 1 aliphatic heterocycles. The summed E-state index contributed by atoms with van der Waals surface area (Å²) in [5.41, 5.74) is 1.44. The van der Waals surface area contributed by atoms with Gasteiger partial charge in [-0.15, -0.1) is 0 Å². The van der Waals surface area contributed by atoms with Crippen LogP contribution in [0.2, 0.25) is 10.0 Å². The van der Waals surface area contributed by atoms with Gasteiger partial charge in [0, 0.05) is 34.2 Å². The maximum atomic E-state index is 12.9. The van der Waals surface area contributed by atoms with Crippen molar-refractivity contribution in [3.05, 3.63) is 63.1 Å². The number of rotatable bonds is 5. The van der Waals surface area contributed by atoms with E-state index in [1.54, 1.807) is 24.3 Å². The van der Waals surface area contributed by atoms with Gasteiger partial charge in [0.2, 0.25) is 10.0 Å². The van der Waals surface area contributed by atoms with Gasteiger partial charge in [0.05, 0.1) is 11.4 Å². The lowest BCUT2D eigenvalue weighted by molar-refractivity contribution is 0.0943. The highest BCUT2D eigenvalue weighted by Gasteiger charge is 2.41. The second-order valence-electron chi connectivity index (χ2n) is 8.34. The Hall–Kier alpha value is -1.44. The Balaban J connectivity index is 1.77. The lowest BCUT2D eigenvalue weighted by Crippen LogP contribution is -2.41. The van der Waals surface area contributed by atoms with E-state index in [9.17, 15) is 13.2 Å². The number of hydrogen-bond acceptors (Lipinski definition) is 4. The summed E-state index contributed by atoms with van der Waals surface area (Å²) in [5, 5.41) is 1.10. The SMILES string of the molecule is CN(CC(=O)c1ccc2c(c1)S(=O)(=O)N(C(C)(C)C)C2)Cc1ccc(Cl)cc1Cl. The largest absolute Gasteiger partial charge is 0.295 e. The average Bonchev–Trinajstić information content (AvgIpc) is 2.88. The Kier molecular flexibility index (Phi) is 6.14. The Morgan fingerprint density at radius 2 is 1.83 bits per heavy atom. The number of fused-ring (bicyclic) bond motifs is 1. The molecule has 0 spiro atoms. The third-order valence-corrected chi connectivity index (χ3v) is 7.67. The molecule has 2 aromatic rings. The van der Waals surface area contributed by atoms with Gasteiger partial charge in [0.15, 0.2) is 5.78 Å². The van der Waals surface area contributed by atoms with E-state index in [-0.39, 0.29) is 17.2 Å². The lowest BCUT2D eigenvalue weighted by Gasteiger charge is -2.29. The third-order valence-electron chi connectivity index (χ3n) is 4.89. The Labute approximate surface area is 182 Å². The molecule has 0 unspecified atom stereocenters. The third kappa shape index (κ3) is 4.67. The molecule has 0 saturated carbocycles. The number of halogens is 2. The molecule has 0 amide bonds. The molecule has 0 aliphatic carbocycles. The predicted molar refractivity (Wildman–Crippen MR) is 116 cm³/mol. The van der Waals surface area contributed by atoms with E-state index in [4.69, 9.17) is 23.2 Å². The quantitative estimate of drug-likeness (QED) is 0.618. The number of Topliss-reactive ketones (excluding diaryl/α,β-unsaturated/α-hetero) is 1. The van der Waals surface area contributed by atoms with E-state index >= 15 is 0 Å². The number of ketones is 1. The molecule has 1 aliphatic rings. The Bertz CT molecular complexity index is 1060. The first-order valence-electron chi connectivity index (χ1n) is 9.21. The molecule has 2 aromatic carbocycles. The number of likely N-dealkylation sites (N-methyl/N-ethyl adjacent to an activating group) is 1. The summed E-state index contributed by atoms with van der Waals surface area (Å²) >= 11 is 12.1. The van der Waals surface area contributed by atoms with Gasteiger partial charge in [0.1, 0.15) is 0 Å². The first kappa shape index (κ1) is 22.2. The van der Waals surface area contributed by atoms with Gasteiger partial charge < -0.3 is 0 Å². The van der Waals surface area contributed by atoms with Crippen LogP contribution in [-0.4, -0.2) is 42.5 Å². The number of benzene rings is 2. The van der Waals surface area contributed by atoms with Crippen LogP contribution in [-0.2, 0) is 23.1 Å². The van der Waals surface area contributed by atoms with Crippen LogP contribution in [0.1, 0.15) is 42.3 Å². The van der Waals surface area contributed by atoms with Crippen LogP contribution in [0.4, 0.5) is 0 Å². The fourth-order valence-corrected chi connectivity index (χ4v) is 5.86. The van der Waals surface area contributed by atoms with Crippen molar-refractivity contribution in [3.63, 3.8) is 0 Å². The van der Waals surface area contributed by atoms with Gasteiger partial charge in [-0.3, -0.25) is 9.69 Å². The number of sulfonamides is 1. The first-order valence-corrected chi connectivity index (χ1v) is 11.4. The summed E-state index contributed by atoms with van der Waals surface area (Å²) in [6.45, 7) is 6.52. The summed E-state index contributed by atoms with van der Waals surface area (Å²) < 4.78 is 27.3. The lowest BCUT2D eigenvalue weighted by atomic mass is 10.1. The highest BCUT2D eigenvalue weighted by Crippen LogP contribution is 2.36. The van der Waals surface area contributed by atoms with E-state index in [0.717, 1.165) is 11.1 Å². The summed E-state index contributed by atoms with van der Waals surface area (Å²) in [7, 11) is -1.80. The van der Waals surface area contributed by atoms with E-state index < -0.39 is 15.6 Å². The molecule has 1 heterocycles. The zero-order valence-corrected chi connectivity index (χ0v) is 19.2. The van der Waals surface area contributed by atoms with Crippen molar-refractivity contribution in [2.24, 2.45) is 0 Å². The molecule has 8 heteroatoms. The van der Waals surface area contributed by atoms with Gasteiger partial charge in [-0.1, -0.05) is 41.4 Å². The minimum absolute atomic E-state index is 0.140. The second kappa shape index (κ2) is 8.00. The topological polar surface area (TPSA) is 57.7 Å². The van der Waals surface area contributed by atoms with E-state index in [1.807, 2.05) is 38.8 Å². The van der Waals surface area contributed by atoms with Crippen molar-refractivity contribution >= 4 is 39.0 Å². The van der Waals surface area contributed by atoms with Crippen LogP contribution in [0.15, 0.2) is 41.3 Å². The molecule has 0 N–H and O–H groups in total. The monoisotopic (exact) mass is 454 g/mol. The standard InChI is InChI=1S/C21H24Cl2N2O3S/c1-21(2,3)25-12-16-6-5-14(9-20(16)29(25,27)28)19(26)13-24(4)11-15-7-8-17(22)10-18(15)23/h5-10H,11-13H2,1-4H3. The molecule has 0 bridgehead atoms. The number of carbonyl (C=O) groups excluding carboxylic acids is 1. The molecule has 29 heavy (non-hydrogen) atoms. The smallest absolute Gasteiger partial charge is 0.244 e. The number of hydrogen-bond donors (Lipinski definition) is 0. The van der Waals surface area contributed by atoms with Gasteiger partial charge in [0.25, 0.3) is 0 Å². The van der Waals surface area contributed by atoms with Crippen LogP contribution in [0.5, 0.6) is 0 Å². The van der Waals surface area contributed by atoms with Gasteiger partial charge in [-0.2, -0.15) is 4.31 Å². The first-order chi connectivity index (χ1) is 13.4. The Morgan fingerprint density at radius 3 is 2.45 bits per heavy atom. The Morgan fingerprint density at radius 1 is 1.14 bits per heavy atom. The fraction of sp³-hybridized carbons (Fsp3) is 0.381. The minimum atomic E-state index is -3.61. The second-order valence-corrected chi connectivity index (χ2v) is 11.0. The van der Waals surface area contributed by atoms with Crippen molar-refractivity contribution in [3.8, 4) is 0 Å². The molecular weight excluding hydrogens is 431 g/mol. The number of carbonyl (C=O) groups is 1. The molecule has 0 aromatic heterocycles. The highest BCUT2D eigenvalue weighted by molar-refractivity contribution is 7.89. The molecule has 5 nitrogen and oxygen atoms in total. The zero-order chi connectivity index (χ0) is 21.6. The van der Waals surface area contributed by atoms with Crippen LogP contribution in [0.3, 0.4) is 0 Å². The van der Waals surface area contributed by atoms with Crippen molar-refractivity contribution in [1.29, 1.82) is 0 Å². The summed E-state index contributed by atoms with van der Waals surface area (Å²) in [5.74, 6) is -0.148. The van der Waals surface area contributed by atoms with Crippen LogP contribution >= 0.6 is 23.2 Å². The van der Waals surface area contributed by atoms with Gasteiger partial charge >= 0.3 is 0 Å². The summed E-state index contributed by atoms with van der Waals surface area (Å²) in [6.07, 6.45) is 0. The predicted octanol–water partition coefficient (Wildman–Crippen LogP) is 4.61. The zero-order valence-electron chi connectivity index (χ0n) is 16.9. The van der Waals surface area contributed by atoms with Crippen molar-refractivity contribution < 1.29 is 13.2 Å². The van der Waals surface area contributed by atoms with Crippen molar-refractivity contribution in [1.82, 2.24) is 9.21 Å². The number of nitrogens with zero attached hydrogens (tertiary/aromatic N) is 2.